The fourth-order valence-corrected chi connectivity index (χ4v) is 3.57. The van der Waals surface area contributed by atoms with E-state index >= 15 is 0 Å². The molecule has 0 fully saturated rings. The van der Waals surface area contributed by atoms with Gasteiger partial charge >= 0.3 is 0 Å². The lowest BCUT2D eigenvalue weighted by Gasteiger charge is -2.17. The van der Waals surface area contributed by atoms with Gasteiger partial charge in [-0.1, -0.05) is 48.0 Å². The predicted molar refractivity (Wildman–Crippen MR) is 104 cm³/mol. The molecule has 3 nitrogen and oxygen atoms in total. The van der Waals surface area contributed by atoms with Crippen molar-refractivity contribution in [2.24, 2.45) is 5.73 Å². The van der Waals surface area contributed by atoms with Gasteiger partial charge in [0.1, 0.15) is 6.61 Å². The largest absolute Gasteiger partial charge is 0.493 e. The lowest BCUT2D eigenvalue weighted by atomic mass is 10.0. The highest BCUT2D eigenvalue weighted by Crippen LogP contribution is 2.35. The molecule has 25 heavy (non-hydrogen) atoms. The number of methoxy groups -OCH3 is 1. The zero-order valence-electron chi connectivity index (χ0n) is 13.9. The molecule has 5 heteroatoms. The van der Waals surface area contributed by atoms with Crippen molar-refractivity contribution in [3.05, 3.63) is 81.0 Å². The average Bonchev–Trinajstić information content (AvgIpc) is 3.16. The second-order valence-corrected chi connectivity index (χ2v) is 7.04. The van der Waals surface area contributed by atoms with Gasteiger partial charge in [0.2, 0.25) is 0 Å². The second kappa shape index (κ2) is 8.39. The van der Waals surface area contributed by atoms with E-state index < -0.39 is 0 Å². The molecule has 0 aliphatic rings. The third kappa shape index (κ3) is 4.34. The van der Waals surface area contributed by atoms with Crippen LogP contribution in [0.5, 0.6) is 11.5 Å². The first-order valence-electron chi connectivity index (χ1n) is 8.00. The average molecular weight is 374 g/mol. The van der Waals surface area contributed by atoms with Crippen LogP contribution < -0.4 is 15.2 Å². The Hall–Kier alpha value is -2.01. The maximum absolute atomic E-state index is 6.36. The molecule has 1 heterocycles. The van der Waals surface area contributed by atoms with E-state index in [1.165, 1.54) is 0 Å². The SMILES string of the molecule is COc1cccc(CC(N)c2cccs2)c1OCc1ccccc1Cl. The van der Waals surface area contributed by atoms with Crippen LogP contribution in [0.25, 0.3) is 0 Å². The zero-order chi connectivity index (χ0) is 17.6. The molecule has 0 aliphatic heterocycles. The monoisotopic (exact) mass is 373 g/mol. The van der Waals surface area contributed by atoms with Crippen LogP contribution in [0.1, 0.15) is 22.0 Å². The fourth-order valence-electron chi connectivity index (χ4n) is 2.65. The molecule has 2 aromatic carbocycles. The Morgan fingerprint density at radius 1 is 1.04 bits per heavy atom. The van der Waals surface area contributed by atoms with E-state index in [-0.39, 0.29) is 6.04 Å². The fraction of sp³-hybridized carbons (Fsp3) is 0.200. The van der Waals surface area contributed by atoms with Gasteiger partial charge in [-0.15, -0.1) is 11.3 Å². The van der Waals surface area contributed by atoms with Gasteiger partial charge in [0.25, 0.3) is 0 Å². The molecule has 3 aromatic rings. The van der Waals surface area contributed by atoms with Crippen LogP contribution in [0.2, 0.25) is 5.02 Å². The number of nitrogens with two attached hydrogens (primary N) is 1. The number of ether oxygens (including phenoxy) is 2. The number of halogens is 1. The van der Waals surface area contributed by atoms with Gasteiger partial charge in [-0.05, 0) is 35.6 Å². The van der Waals surface area contributed by atoms with E-state index in [0.29, 0.717) is 23.8 Å². The summed E-state index contributed by atoms with van der Waals surface area (Å²) < 4.78 is 11.6. The Bertz CT molecular complexity index is 820. The lowest BCUT2D eigenvalue weighted by molar-refractivity contribution is 0.281. The summed E-state index contributed by atoms with van der Waals surface area (Å²) in [6.07, 6.45) is 0.676. The highest BCUT2D eigenvalue weighted by Gasteiger charge is 2.16. The van der Waals surface area contributed by atoms with Crippen molar-refractivity contribution in [2.75, 3.05) is 7.11 Å². The summed E-state index contributed by atoms with van der Waals surface area (Å²) in [4.78, 5) is 1.15. The number of hydrogen-bond donors (Lipinski definition) is 1. The molecule has 1 aromatic heterocycles. The van der Waals surface area contributed by atoms with Gasteiger partial charge in [0, 0.05) is 21.5 Å². The Kier molecular flexibility index (Phi) is 5.97. The normalized spacial score (nSPS) is 12.0. The number of benzene rings is 2. The number of rotatable bonds is 7. The highest BCUT2D eigenvalue weighted by atomic mass is 35.5. The summed E-state index contributed by atoms with van der Waals surface area (Å²) in [7, 11) is 1.64. The van der Waals surface area contributed by atoms with Gasteiger partial charge < -0.3 is 15.2 Å². The van der Waals surface area contributed by atoms with Crippen LogP contribution >= 0.6 is 22.9 Å². The van der Waals surface area contributed by atoms with Crippen molar-refractivity contribution in [1.29, 1.82) is 0 Å². The molecular weight excluding hydrogens is 354 g/mol. The zero-order valence-corrected chi connectivity index (χ0v) is 15.5. The van der Waals surface area contributed by atoms with Crippen molar-refractivity contribution in [3.63, 3.8) is 0 Å². The maximum atomic E-state index is 6.36. The maximum Gasteiger partial charge on any atom is 0.164 e. The van der Waals surface area contributed by atoms with Crippen molar-refractivity contribution in [3.8, 4) is 11.5 Å². The molecule has 1 atom stereocenters. The highest BCUT2D eigenvalue weighted by molar-refractivity contribution is 7.10. The van der Waals surface area contributed by atoms with Gasteiger partial charge in [-0.3, -0.25) is 0 Å². The van der Waals surface area contributed by atoms with E-state index in [4.69, 9.17) is 26.8 Å². The molecule has 0 saturated carbocycles. The Morgan fingerprint density at radius 2 is 1.84 bits per heavy atom. The predicted octanol–water partition coefficient (Wildman–Crippen LogP) is 5.23. The Balaban J connectivity index is 1.82. The summed E-state index contributed by atoms with van der Waals surface area (Å²) in [5.41, 5.74) is 8.31. The summed E-state index contributed by atoms with van der Waals surface area (Å²) in [6, 6.07) is 17.5. The molecule has 0 bridgehead atoms. The quantitative estimate of drug-likeness (QED) is 0.616. The number of hydrogen-bond acceptors (Lipinski definition) is 4. The molecule has 2 N–H and O–H groups in total. The molecule has 130 valence electrons. The van der Waals surface area contributed by atoms with E-state index in [2.05, 4.69) is 6.07 Å². The first-order chi connectivity index (χ1) is 12.2. The minimum absolute atomic E-state index is 0.0743. The smallest absolute Gasteiger partial charge is 0.164 e. The van der Waals surface area contributed by atoms with Crippen LogP contribution in [-0.2, 0) is 13.0 Å². The summed E-state index contributed by atoms with van der Waals surface area (Å²) >= 11 is 7.89. The van der Waals surface area contributed by atoms with Crippen molar-refractivity contribution in [1.82, 2.24) is 0 Å². The van der Waals surface area contributed by atoms with E-state index in [0.717, 1.165) is 21.8 Å². The Labute approximate surface area is 157 Å². The Morgan fingerprint density at radius 3 is 2.56 bits per heavy atom. The first-order valence-corrected chi connectivity index (χ1v) is 9.26. The van der Waals surface area contributed by atoms with Gasteiger partial charge in [0.05, 0.1) is 7.11 Å². The number of thiophene rings is 1. The summed E-state index contributed by atoms with van der Waals surface area (Å²) in [6.45, 7) is 0.376. The van der Waals surface area contributed by atoms with E-state index in [1.54, 1.807) is 18.4 Å². The molecule has 0 aliphatic carbocycles. The minimum Gasteiger partial charge on any atom is -0.493 e. The van der Waals surface area contributed by atoms with Crippen LogP contribution in [-0.4, -0.2) is 7.11 Å². The molecule has 0 spiro atoms. The molecular formula is C20H20ClNO2S. The van der Waals surface area contributed by atoms with Gasteiger partial charge in [-0.25, -0.2) is 0 Å². The van der Waals surface area contributed by atoms with Crippen molar-refractivity contribution < 1.29 is 9.47 Å². The van der Waals surface area contributed by atoms with Crippen molar-refractivity contribution in [2.45, 2.75) is 19.1 Å². The molecule has 1 unspecified atom stereocenters. The second-order valence-electron chi connectivity index (χ2n) is 5.65. The van der Waals surface area contributed by atoms with E-state index in [9.17, 15) is 0 Å². The topological polar surface area (TPSA) is 44.5 Å². The van der Waals surface area contributed by atoms with Crippen LogP contribution in [0.3, 0.4) is 0 Å². The first kappa shape index (κ1) is 17.8. The lowest BCUT2D eigenvalue weighted by Crippen LogP contribution is -2.13. The van der Waals surface area contributed by atoms with Crippen LogP contribution in [0, 0.1) is 0 Å². The molecule has 0 saturated heterocycles. The molecule has 3 rings (SSSR count). The van der Waals surface area contributed by atoms with Gasteiger partial charge in [0.15, 0.2) is 11.5 Å². The summed E-state index contributed by atoms with van der Waals surface area (Å²) in [5, 5.41) is 2.73. The molecule has 0 radical (unpaired) electrons. The van der Waals surface area contributed by atoms with Crippen molar-refractivity contribution >= 4 is 22.9 Å². The molecule has 0 amide bonds. The van der Waals surface area contributed by atoms with Crippen LogP contribution in [0.4, 0.5) is 0 Å². The minimum atomic E-state index is -0.0743. The van der Waals surface area contributed by atoms with Crippen LogP contribution in [0.15, 0.2) is 60.0 Å². The third-order valence-corrected chi connectivity index (χ3v) is 5.33. The van der Waals surface area contributed by atoms with E-state index in [1.807, 2.05) is 53.9 Å². The van der Waals surface area contributed by atoms with Gasteiger partial charge in [-0.2, -0.15) is 0 Å². The standard InChI is InChI=1S/C20H20ClNO2S/c1-23-18-9-4-7-14(12-17(22)19-10-5-11-25-19)20(18)24-13-15-6-2-3-8-16(15)21/h2-11,17H,12-13,22H2,1H3. The number of para-hydroxylation sites is 1. The third-order valence-electron chi connectivity index (χ3n) is 3.96. The summed E-state index contributed by atoms with van der Waals surface area (Å²) in [5.74, 6) is 1.42.